The van der Waals surface area contributed by atoms with Gasteiger partial charge in [-0.05, 0) is 42.9 Å². The summed E-state index contributed by atoms with van der Waals surface area (Å²) in [6.07, 6.45) is 6.13. The highest BCUT2D eigenvalue weighted by Crippen LogP contribution is 2.37. The maximum atomic E-state index is 14.0. The second-order valence-electron chi connectivity index (χ2n) is 14.5. The van der Waals surface area contributed by atoms with Crippen LogP contribution in [0.3, 0.4) is 0 Å². The number of amides is 4. The summed E-state index contributed by atoms with van der Waals surface area (Å²) in [5, 5.41) is 12.5. The number of H-pyrrole nitrogens is 2. The quantitative estimate of drug-likeness (QED) is 0.107. The lowest BCUT2D eigenvalue weighted by molar-refractivity contribution is -0.137. The zero-order valence-corrected chi connectivity index (χ0v) is 32.4. The van der Waals surface area contributed by atoms with Gasteiger partial charge in [0.15, 0.2) is 5.76 Å². The van der Waals surface area contributed by atoms with E-state index in [4.69, 9.17) is 19.1 Å². The Hall–Kier alpha value is -7.23. The minimum atomic E-state index is -1.19. The Morgan fingerprint density at radius 1 is 0.814 bits per heavy atom. The predicted molar refractivity (Wildman–Crippen MR) is 214 cm³/mol. The molecule has 2 aliphatic rings. The number of methoxy groups -OCH3 is 1. The fourth-order valence-electron chi connectivity index (χ4n) is 7.97. The number of benzene rings is 3. The molecule has 5 heterocycles. The fraction of sp³-hybridized carbons (Fsp3) is 0.279. The molecule has 4 amide bonds. The number of carbonyl (C=O) groups excluding carboxylic acids is 3. The highest BCUT2D eigenvalue weighted by molar-refractivity contribution is 5.88. The van der Waals surface area contributed by atoms with Gasteiger partial charge in [-0.25, -0.2) is 24.5 Å². The Morgan fingerprint density at radius 3 is 2.05 bits per heavy atom. The van der Waals surface area contributed by atoms with Crippen LogP contribution >= 0.6 is 0 Å². The predicted octanol–water partition coefficient (Wildman–Crippen LogP) is 6.90. The number of hydrogen-bond acceptors (Lipinski definition) is 9. The lowest BCUT2D eigenvalue weighted by Crippen LogP contribution is -2.43. The number of carbonyl (C=O) groups is 4. The van der Waals surface area contributed by atoms with Crippen molar-refractivity contribution < 1.29 is 33.4 Å². The molecule has 2 fully saturated rings. The van der Waals surface area contributed by atoms with Gasteiger partial charge in [0.2, 0.25) is 5.89 Å². The number of aromatic amines is 2. The van der Waals surface area contributed by atoms with Crippen LogP contribution in [0.4, 0.5) is 9.59 Å². The lowest BCUT2D eigenvalue weighted by Gasteiger charge is -2.32. The van der Waals surface area contributed by atoms with Gasteiger partial charge in [0.25, 0.3) is 11.8 Å². The van der Waals surface area contributed by atoms with E-state index in [1.54, 1.807) is 64.8 Å². The summed E-state index contributed by atoms with van der Waals surface area (Å²) in [5.41, 5.74) is 3.97. The Kier molecular flexibility index (Phi) is 10.9. The molecule has 2 aliphatic heterocycles. The van der Waals surface area contributed by atoms with Crippen molar-refractivity contribution in [1.29, 1.82) is 0 Å². The number of oxazole rings is 1. The van der Waals surface area contributed by atoms with Crippen molar-refractivity contribution in [3.63, 3.8) is 0 Å². The summed E-state index contributed by atoms with van der Waals surface area (Å²) in [6, 6.07) is 23.1. The molecule has 0 bridgehead atoms. The molecule has 0 aliphatic carbocycles. The number of imidazole rings is 2. The first-order valence-corrected chi connectivity index (χ1v) is 19.4. The molecule has 4 N–H and O–H groups in total. The molecule has 8 rings (SSSR count). The van der Waals surface area contributed by atoms with Crippen LogP contribution in [0.15, 0.2) is 108 Å². The number of ether oxygens (including phenoxy) is 1. The van der Waals surface area contributed by atoms with Crippen LogP contribution in [0.25, 0.3) is 34.2 Å². The van der Waals surface area contributed by atoms with Crippen molar-refractivity contribution >= 4 is 24.0 Å². The van der Waals surface area contributed by atoms with Crippen molar-refractivity contribution in [2.24, 2.45) is 0 Å². The zero-order chi connectivity index (χ0) is 41.0. The monoisotopic (exact) mass is 797 g/mol. The fourth-order valence-corrected chi connectivity index (χ4v) is 7.97. The molecule has 302 valence electrons. The number of likely N-dealkylation sites (N-methyl/N-ethyl adjacent to an activating group) is 1. The minimum absolute atomic E-state index is 0.265. The first-order valence-electron chi connectivity index (χ1n) is 19.4. The van der Waals surface area contributed by atoms with Gasteiger partial charge >= 0.3 is 12.2 Å². The van der Waals surface area contributed by atoms with Crippen molar-refractivity contribution in [3.8, 4) is 34.2 Å². The van der Waals surface area contributed by atoms with Crippen molar-refractivity contribution in [2.75, 3.05) is 27.2 Å². The van der Waals surface area contributed by atoms with E-state index in [1.807, 2.05) is 48.5 Å². The third-order valence-corrected chi connectivity index (χ3v) is 10.9. The van der Waals surface area contributed by atoms with Gasteiger partial charge < -0.3 is 39.3 Å². The van der Waals surface area contributed by atoms with Gasteiger partial charge in [0, 0.05) is 43.7 Å². The molecule has 0 unspecified atom stereocenters. The van der Waals surface area contributed by atoms with Crippen LogP contribution in [0.5, 0.6) is 0 Å². The van der Waals surface area contributed by atoms with Crippen LogP contribution in [0, 0.1) is 0 Å². The number of nitrogens with zero attached hydrogens (tertiary/aromatic N) is 6. The molecule has 3 aromatic carbocycles. The van der Waals surface area contributed by atoms with Crippen LogP contribution in [-0.2, 0) is 14.3 Å². The molecule has 59 heavy (non-hydrogen) atoms. The molecular weight excluding hydrogens is 755 g/mol. The summed E-state index contributed by atoms with van der Waals surface area (Å²) in [6.45, 7) is 0.982. The first-order chi connectivity index (χ1) is 28.7. The van der Waals surface area contributed by atoms with E-state index in [1.165, 1.54) is 14.2 Å². The maximum absolute atomic E-state index is 14.0. The van der Waals surface area contributed by atoms with Crippen LogP contribution in [0.2, 0.25) is 0 Å². The minimum Gasteiger partial charge on any atom is -0.465 e. The number of hydrogen-bond donors (Lipinski definition) is 4. The molecule has 0 radical (unpaired) electrons. The van der Waals surface area contributed by atoms with Crippen LogP contribution in [0.1, 0.15) is 72.6 Å². The number of alkyl carbamates (subject to hydrolysis) is 1. The summed E-state index contributed by atoms with van der Waals surface area (Å²) in [4.78, 5) is 77.4. The standard InChI is InChI=1S/C43H43N9O7/c1-50(43(56)57)36(27-14-7-4-8-15-27)41(54)52-21-11-19-33(52)37-44-23-30(47-37)28-16-9-17-29(22-28)34-25-46-39(59-34)31-24-45-38(48-31)32-18-10-20-51(32)40(53)35(49-42(55)58-2)26-12-5-3-6-13-26/h3-9,12-17,22-25,32-33,35-36H,10-11,18-21H2,1-2H3,(H,44,47)(H,45,48)(H,49,55)(H,56,57)/t32-,33-,35+,36+/m0/s1. The number of nitrogens with one attached hydrogen (secondary N) is 3. The maximum Gasteiger partial charge on any atom is 0.407 e. The Morgan fingerprint density at radius 2 is 1.41 bits per heavy atom. The van der Waals surface area contributed by atoms with E-state index in [-0.39, 0.29) is 23.9 Å². The summed E-state index contributed by atoms with van der Waals surface area (Å²) >= 11 is 0. The number of aromatic nitrogens is 5. The van der Waals surface area contributed by atoms with E-state index in [9.17, 15) is 24.3 Å². The number of carboxylic acid groups (broad SMARTS) is 1. The largest absolute Gasteiger partial charge is 0.465 e. The molecule has 2 saturated heterocycles. The molecule has 16 heteroatoms. The van der Waals surface area contributed by atoms with Gasteiger partial charge in [-0.15, -0.1) is 0 Å². The normalized spacial score (nSPS) is 17.4. The van der Waals surface area contributed by atoms with Gasteiger partial charge in [0.1, 0.15) is 29.4 Å². The van der Waals surface area contributed by atoms with Crippen molar-refractivity contribution in [3.05, 3.63) is 126 Å². The smallest absolute Gasteiger partial charge is 0.407 e. The molecular formula is C43H43N9O7. The average Bonchev–Trinajstić information content (AvgIpc) is 4.12. The SMILES string of the molecule is COC(=O)N[C@@H](C(=O)N1CCC[C@H]1c1nc(-c2ncc(-c3cccc(-c4c[nH]c([C@@H]5CCCN5C(=O)[C@@H](c5ccccc5)N(C)C(=O)O)n4)c3)o2)c[nH]1)c1ccccc1. The highest BCUT2D eigenvalue weighted by Gasteiger charge is 2.40. The van der Waals surface area contributed by atoms with E-state index in [0.29, 0.717) is 71.7 Å². The molecule has 0 spiro atoms. The molecule has 0 saturated carbocycles. The molecule has 6 aromatic rings. The first kappa shape index (κ1) is 38.6. The average molecular weight is 798 g/mol. The Balaban J connectivity index is 0.975. The lowest BCUT2D eigenvalue weighted by atomic mass is 10.0. The number of likely N-dealkylation sites (tertiary alicyclic amines) is 2. The summed E-state index contributed by atoms with van der Waals surface area (Å²) in [5.74, 6) is 1.45. The topological polar surface area (TPSA) is 203 Å². The third-order valence-electron chi connectivity index (χ3n) is 10.9. The Bertz CT molecular complexity index is 2450. The molecule has 4 atom stereocenters. The van der Waals surface area contributed by atoms with E-state index >= 15 is 0 Å². The third kappa shape index (κ3) is 7.88. The Labute approximate surface area is 339 Å². The second kappa shape index (κ2) is 16.7. The molecule has 16 nitrogen and oxygen atoms in total. The van der Waals surface area contributed by atoms with Crippen LogP contribution < -0.4 is 5.32 Å². The van der Waals surface area contributed by atoms with Gasteiger partial charge in [-0.1, -0.05) is 78.9 Å². The van der Waals surface area contributed by atoms with Crippen molar-refractivity contribution in [1.82, 2.24) is 44.9 Å². The number of rotatable bonds is 11. The van der Waals surface area contributed by atoms with E-state index in [2.05, 4.69) is 20.3 Å². The highest BCUT2D eigenvalue weighted by atomic mass is 16.5. The van der Waals surface area contributed by atoms with Crippen LogP contribution in [-0.4, -0.2) is 96.0 Å². The summed E-state index contributed by atoms with van der Waals surface area (Å²) < 4.78 is 11.0. The van der Waals surface area contributed by atoms with Gasteiger partial charge in [-0.3, -0.25) is 14.5 Å². The molecule has 3 aromatic heterocycles. The summed E-state index contributed by atoms with van der Waals surface area (Å²) in [7, 11) is 2.67. The van der Waals surface area contributed by atoms with E-state index < -0.39 is 24.3 Å². The van der Waals surface area contributed by atoms with Gasteiger partial charge in [-0.2, -0.15) is 0 Å². The second-order valence-corrected chi connectivity index (χ2v) is 14.5. The van der Waals surface area contributed by atoms with Gasteiger partial charge in [0.05, 0.1) is 31.1 Å². The zero-order valence-electron chi connectivity index (χ0n) is 32.4. The van der Waals surface area contributed by atoms with E-state index in [0.717, 1.165) is 28.9 Å². The van der Waals surface area contributed by atoms with Crippen molar-refractivity contribution in [2.45, 2.75) is 49.9 Å².